The molecule has 0 saturated carbocycles. The van der Waals surface area contributed by atoms with Crippen molar-refractivity contribution in [1.82, 2.24) is 39.9 Å². The molecule has 0 radical (unpaired) electrons. The second-order valence-electron chi connectivity index (χ2n) is 18.5. The van der Waals surface area contributed by atoms with Gasteiger partial charge in [0.15, 0.2) is 0 Å². The fraction of sp³-hybridized carbons (Fsp3) is 0. The Bertz CT molecular complexity index is 3920. The van der Waals surface area contributed by atoms with Gasteiger partial charge in [0.2, 0.25) is 0 Å². The van der Waals surface area contributed by atoms with E-state index in [1.54, 1.807) is 0 Å². The van der Waals surface area contributed by atoms with E-state index in [-0.39, 0.29) is 23.1 Å². The second kappa shape index (κ2) is 23.7. The van der Waals surface area contributed by atoms with Crippen LogP contribution in [0.15, 0.2) is 230 Å². The molecule has 8 aromatic carbocycles. The first-order valence-corrected chi connectivity index (χ1v) is 31.0. The zero-order valence-electron chi connectivity index (χ0n) is 41.8. The molecule has 0 aliphatic carbocycles. The first-order valence-electron chi connectivity index (χ1n) is 24.7. The minimum Gasteiger partial charge on any atom is -0.357 e. The van der Waals surface area contributed by atoms with Crippen molar-refractivity contribution in [3.8, 4) is 44.5 Å². The van der Waals surface area contributed by atoms with Crippen LogP contribution in [-0.2, 0) is 0 Å². The molecule has 3 aromatic heterocycles. The first kappa shape index (κ1) is 56.2. The van der Waals surface area contributed by atoms with Gasteiger partial charge in [0.1, 0.15) is 0 Å². The van der Waals surface area contributed by atoms with Crippen LogP contribution in [0.25, 0.3) is 89.4 Å². The van der Waals surface area contributed by atoms with E-state index in [1.165, 1.54) is 0 Å². The van der Waals surface area contributed by atoms with Crippen molar-refractivity contribution in [3.63, 3.8) is 0 Å². The summed E-state index contributed by atoms with van der Waals surface area (Å²) < 4.78 is 7.39. The van der Waals surface area contributed by atoms with Crippen molar-refractivity contribution < 1.29 is 0 Å². The van der Waals surface area contributed by atoms with Gasteiger partial charge in [-0.1, -0.05) is 225 Å². The standard InChI is InChI=1S/C64H32Br8N8.Mg/c65-41-17-1-33(2-18-41)49-50(34-3-19-42(66)20-4-34)58-73-57(49)77-59-51(35-5-21-43(67)22-6-35)52(36-7-23-44(68)24-8-36)61(74-59)79-63-55(39-13-29-47(71)30-14-39)56(40-15-31-48(72)32-16-40)64(76-63)80-62-54(38-11-27-46(70)28-12-38)53(60(75-62)78-58)37-9-25-45(69)26-10-37;/h1-32H;/q-2;+2. The maximum Gasteiger partial charge on any atom is 2.00 e. The molecule has 5 heterocycles. The van der Waals surface area contributed by atoms with Crippen LogP contribution in [0.4, 0.5) is 0 Å². The zero-order valence-corrected chi connectivity index (χ0v) is 55.9. The van der Waals surface area contributed by atoms with Gasteiger partial charge < -0.3 is 29.9 Å². The molecule has 2 aliphatic rings. The molecule has 13 rings (SSSR count). The Labute approximate surface area is 548 Å². The molecule has 81 heavy (non-hydrogen) atoms. The second-order valence-corrected chi connectivity index (χ2v) is 25.9. The number of hydrogen-bond acceptors (Lipinski definition) is 6. The Kier molecular flexibility index (Phi) is 16.5. The summed E-state index contributed by atoms with van der Waals surface area (Å²) in [5, 5.41) is 0. The number of aromatic nitrogens is 8. The van der Waals surface area contributed by atoms with Crippen LogP contribution in [0.5, 0.6) is 0 Å². The molecule has 0 saturated heterocycles. The van der Waals surface area contributed by atoms with Crippen molar-refractivity contribution in [3.05, 3.63) is 275 Å². The third-order valence-corrected chi connectivity index (χ3v) is 17.8. The predicted octanol–water partition coefficient (Wildman–Crippen LogP) is 19.6. The van der Waals surface area contributed by atoms with Crippen LogP contribution in [0.1, 0.15) is 45.6 Å². The van der Waals surface area contributed by atoms with Crippen molar-refractivity contribution in [2.75, 3.05) is 0 Å². The molecule has 0 spiro atoms. The Balaban J connectivity index is 0.00000651. The van der Waals surface area contributed by atoms with Crippen LogP contribution in [-0.4, -0.2) is 53.0 Å². The summed E-state index contributed by atoms with van der Waals surface area (Å²) in [6, 6.07) is 65.5. The van der Waals surface area contributed by atoms with Gasteiger partial charge in [0, 0.05) is 103 Å². The number of hydrogen-bond donors (Lipinski definition) is 0. The van der Waals surface area contributed by atoms with E-state index in [4.69, 9.17) is 39.9 Å². The summed E-state index contributed by atoms with van der Waals surface area (Å²) >= 11 is 29.7. The number of fused-ring (bicyclic) bond motifs is 8. The molecule has 0 atom stereocenters. The Morgan fingerprint density at radius 2 is 0.346 bits per heavy atom. The molecule has 0 amide bonds. The van der Waals surface area contributed by atoms with E-state index in [0.717, 1.165) is 125 Å². The summed E-state index contributed by atoms with van der Waals surface area (Å²) in [5.74, 6) is 1.60. The summed E-state index contributed by atoms with van der Waals surface area (Å²) in [5.41, 5.74) is 14.6. The molecule has 8 nitrogen and oxygen atoms in total. The quantitative estimate of drug-likeness (QED) is 0.139. The Hall–Kier alpha value is -5.31. The number of halogens is 8. The van der Waals surface area contributed by atoms with Gasteiger partial charge in [-0.2, -0.15) is 0 Å². The summed E-state index contributed by atoms with van der Waals surface area (Å²) in [7, 11) is 0. The van der Waals surface area contributed by atoms with Crippen LogP contribution < -0.4 is 9.97 Å². The third-order valence-electron chi connectivity index (χ3n) is 13.5. The SMILES string of the molecule is Brc1ccc(C2=C(c3ccc(Br)cc3)c3nc2nc2[n-]c(nc4nc(nc5[n-]c(n3)c(-c3ccc(Br)cc3)c5-c3ccc(Br)cc3)C(c3ccc(Br)cc3)=C4c3ccc(Br)cc3)c(-c3ccc(Br)cc3)c2-c2ccc(Br)cc2)cc1.[Mg+2]. The molecule has 0 fully saturated rings. The van der Waals surface area contributed by atoms with Gasteiger partial charge in [0.25, 0.3) is 0 Å². The summed E-state index contributed by atoms with van der Waals surface area (Å²) in [6.07, 6.45) is 0. The topological polar surface area (TPSA) is 106 Å². The van der Waals surface area contributed by atoms with E-state index < -0.39 is 0 Å². The minimum absolute atomic E-state index is 0. The predicted molar refractivity (Wildman–Crippen MR) is 355 cm³/mol. The van der Waals surface area contributed by atoms with E-state index in [2.05, 4.69) is 225 Å². The molecule has 11 aromatic rings. The Morgan fingerprint density at radius 3 is 0.506 bits per heavy atom. The average molecular weight is 1580 g/mol. The van der Waals surface area contributed by atoms with Gasteiger partial charge in [-0.05, 0) is 142 Å². The van der Waals surface area contributed by atoms with Crippen molar-refractivity contribution in [2.45, 2.75) is 0 Å². The van der Waals surface area contributed by atoms with Crippen LogP contribution in [0, 0.1) is 0 Å². The fourth-order valence-electron chi connectivity index (χ4n) is 9.91. The third kappa shape index (κ3) is 11.3. The molecule has 17 heteroatoms. The normalized spacial score (nSPS) is 12.2. The minimum atomic E-state index is 0. The van der Waals surface area contributed by atoms with Gasteiger partial charge in [0.05, 0.1) is 23.3 Å². The zero-order chi connectivity index (χ0) is 54.8. The maximum atomic E-state index is 5.64. The Morgan fingerprint density at radius 1 is 0.198 bits per heavy atom. The molecule has 0 N–H and O–H groups in total. The number of nitrogens with zero attached hydrogens (tertiary/aromatic N) is 8. The van der Waals surface area contributed by atoms with E-state index in [9.17, 15) is 0 Å². The van der Waals surface area contributed by atoms with Crippen LogP contribution >= 0.6 is 127 Å². The van der Waals surface area contributed by atoms with Crippen molar-refractivity contribution in [1.29, 1.82) is 0 Å². The molecule has 0 unspecified atom stereocenters. The summed E-state index contributed by atoms with van der Waals surface area (Å²) in [4.78, 5) is 44.6. The van der Waals surface area contributed by atoms with Crippen molar-refractivity contribution in [2.24, 2.45) is 0 Å². The van der Waals surface area contributed by atoms with Gasteiger partial charge in [-0.25, -0.2) is 9.97 Å². The van der Waals surface area contributed by atoms with E-state index in [0.29, 0.717) is 45.9 Å². The monoisotopic (exact) mass is 1570 g/mol. The number of rotatable bonds is 8. The molecule has 2 aliphatic heterocycles. The molecular formula is C64H32Br8MgN8. The first-order chi connectivity index (χ1) is 38.9. The van der Waals surface area contributed by atoms with Gasteiger partial charge >= 0.3 is 23.1 Å². The number of benzene rings is 8. The van der Waals surface area contributed by atoms with Crippen LogP contribution in [0.2, 0.25) is 0 Å². The largest absolute Gasteiger partial charge is 2.00 e. The molecule has 386 valence electrons. The van der Waals surface area contributed by atoms with E-state index >= 15 is 0 Å². The molecule has 8 bridgehead atoms. The van der Waals surface area contributed by atoms with E-state index in [1.807, 2.05) is 97.1 Å². The maximum absolute atomic E-state index is 5.64. The fourth-order valence-corrected chi connectivity index (χ4v) is 12.0. The molecular weight excluding hydrogens is 1540 g/mol. The summed E-state index contributed by atoms with van der Waals surface area (Å²) in [6.45, 7) is 0. The van der Waals surface area contributed by atoms with Gasteiger partial charge in [-0.3, -0.25) is 0 Å². The van der Waals surface area contributed by atoms with Gasteiger partial charge in [-0.15, -0.1) is 0 Å². The average Bonchev–Trinajstić information content (AvgIpc) is 4.27. The smallest absolute Gasteiger partial charge is 0.357 e. The van der Waals surface area contributed by atoms with Crippen LogP contribution in [0.3, 0.4) is 0 Å². The van der Waals surface area contributed by atoms with Crippen molar-refractivity contribution >= 4 is 195 Å².